The molecule has 0 saturated carbocycles. The molecule has 2 rings (SSSR count). The molecule has 0 N–H and O–H groups in total. The van der Waals surface area contributed by atoms with Crippen molar-refractivity contribution < 1.29 is 19.2 Å². The highest BCUT2D eigenvalue weighted by molar-refractivity contribution is 5.89. The number of methoxy groups -OCH3 is 1. The van der Waals surface area contributed by atoms with Gasteiger partial charge in [-0.2, -0.15) is 0 Å². The quantitative estimate of drug-likeness (QED) is 0.278. The van der Waals surface area contributed by atoms with Gasteiger partial charge in [0, 0.05) is 6.08 Å². The lowest BCUT2D eigenvalue weighted by Gasteiger charge is -2.04. The van der Waals surface area contributed by atoms with Crippen LogP contribution in [0, 0.1) is 10.1 Å². The number of carbonyl (C=O) groups excluding carboxylic acids is 1. The van der Waals surface area contributed by atoms with Gasteiger partial charge in [0.2, 0.25) is 5.75 Å². The Hall–Kier alpha value is -3.15. The SMILES string of the molecule is COc1ccc(OC(=O)/C=C/c2ccccc2)c([N+](=O)[O-])c1. The zero-order valence-electron chi connectivity index (χ0n) is 11.8. The van der Waals surface area contributed by atoms with E-state index < -0.39 is 10.9 Å². The summed E-state index contributed by atoms with van der Waals surface area (Å²) in [5.41, 5.74) is 0.490. The molecular weight excluding hydrogens is 286 g/mol. The molecule has 0 heterocycles. The van der Waals surface area contributed by atoms with Gasteiger partial charge in [0.1, 0.15) is 5.75 Å². The Labute approximate surface area is 126 Å². The molecule has 0 aromatic heterocycles. The Balaban J connectivity index is 2.14. The molecule has 0 aliphatic carbocycles. The van der Waals surface area contributed by atoms with E-state index in [1.807, 2.05) is 30.3 Å². The van der Waals surface area contributed by atoms with E-state index in [9.17, 15) is 14.9 Å². The molecule has 2 aromatic rings. The molecule has 0 saturated heterocycles. The molecule has 6 nitrogen and oxygen atoms in total. The van der Waals surface area contributed by atoms with Gasteiger partial charge in [-0.1, -0.05) is 30.3 Å². The number of nitro benzene ring substituents is 1. The highest BCUT2D eigenvalue weighted by Gasteiger charge is 2.18. The summed E-state index contributed by atoms with van der Waals surface area (Å²) < 4.78 is 9.92. The Morgan fingerprint density at radius 3 is 2.55 bits per heavy atom. The van der Waals surface area contributed by atoms with Gasteiger partial charge in [0.05, 0.1) is 18.1 Å². The van der Waals surface area contributed by atoms with Gasteiger partial charge in [-0.15, -0.1) is 0 Å². The third-order valence-electron chi connectivity index (χ3n) is 2.78. The zero-order valence-corrected chi connectivity index (χ0v) is 11.8. The first-order valence-corrected chi connectivity index (χ1v) is 6.37. The summed E-state index contributed by atoms with van der Waals surface area (Å²) in [7, 11) is 1.40. The smallest absolute Gasteiger partial charge is 0.336 e. The van der Waals surface area contributed by atoms with Crippen molar-refractivity contribution in [3.8, 4) is 11.5 Å². The standard InChI is InChI=1S/C16H13NO5/c1-21-13-8-9-15(14(11-13)17(19)20)22-16(18)10-7-12-5-3-2-4-6-12/h2-11H,1H3/b10-7+. The van der Waals surface area contributed by atoms with Crippen LogP contribution < -0.4 is 9.47 Å². The minimum Gasteiger partial charge on any atom is -0.496 e. The molecule has 112 valence electrons. The maximum Gasteiger partial charge on any atom is 0.336 e. The fourth-order valence-corrected chi connectivity index (χ4v) is 1.72. The number of hydrogen-bond donors (Lipinski definition) is 0. The number of nitro groups is 1. The summed E-state index contributed by atoms with van der Waals surface area (Å²) in [6.07, 6.45) is 2.78. The van der Waals surface area contributed by atoms with Crippen molar-refractivity contribution in [1.82, 2.24) is 0 Å². The average Bonchev–Trinajstić information content (AvgIpc) is 2.54. The summed E-state index contributed by atoms with van der Waals surface area (Å²) in [5, 5.41) is 11.0. The zero-order chi connectivity index (χ0) is 15.9. The van der Waals surface area contributed by atoms with Gasteiger partial charge < -0.3 is 9.47 Å². The second-order valence-corrected chi connectivity index (χ2v) is 4.26. The molecule has 0 unspecified atom stereocenters. The van der Waals surface area contributed by atoms with E-state index in [-0.39, 0.29) is 11.4 Å². The van der Waals surface area contributed by atoms with Gasteiger partial charge in [0.25, 0.3) is 0 Å². The third-order valence-corrected chi connectivity index (χ3v) is 2.78. The van der Waals surface area contributed by atoms with Crippen LogP contribution in [0.5, 0.6) is 11.5 Å². The van der Waals surface area contributed by atoms with Crippen molar-refractivity contribution >= 4 is 17.7 Å². The first kappa shape index (κ1) is 15.2. The second-order valence-electron chi connectivity index (χ2n) is 4.26. The van der Waals surface area contributed by atoms with Gasteiger partial charge in [-0.3, -0.25) is 10.1 Å². The Morgan fingerprint density at radius 1 is 1.18 bits per heavy atom. The summed E-state index contributed by atoms with van der Waals surface area (Å²) in [5.74, 6) is -0.517. The van der Waals surface area contributed by atoms with Crippen molar-refractivity contribution in [2.45, 2.75) is 0 Å². The van der Waals surface area contributed by atoms with E-state index in [4.69, 9.17) is 9.47 Å². The molecule has 0 spiro atoms. The summed E-state index contributed by atoms with van der Waals surface area (Å²) in [4.78, 5) is 22.1. The van der Waals surface area contributed by atoms with E-state index in [1.165, 1.54) is 31.4 Å². The van der Waals surface area contributed by atoms with Crippen molar-refractivity contribution in [3.63, 3.8) is 0 Å². The number of benzene rings is 2. The van der Waals surface area contributed by atoms with Gasteiger partial charge in [-0.05, 0) is 23.8 Å². The number of rotatable bonds is 5. The van der Waals surface area contributed by atoms with Crippen LogP contribution in [0.4, 0.5) is 5.69 Å². The van der Waals surface area contributed by atoms with Crippen LogP contribution in [0.15, 0.2) is 54.6 Å². The van der Waals surface area contributed by atoms with E-state index >= 15 is 0 Å². The largest absolute Gasteiger partial charge is 0.496 e. The van der Waals surface area contributed by atoms with E-state index in [0.29, 0.717) is 5.75 Å². The number of ether oxygens (including phenoxy) is 2. The maximum absolute atomic E-state index is 11.8. The lowest BCUT2D eigenvalue weighted by atomic mass is 10.2. The molecule has 0 bridgehead atoms. The molecule has 0 fully saturated rings. The molecule has 0 atom stereocenters. The van der Waals surface area contributed by atoms with Gasteiger partial charge >= 0.3 is 11.7 Å². The first-order chi connectivity index (χ1) is 10.6. The number of carbonyl (C=O) groups is 1. The summed E-state index contributed by atoms with van der Waals surface area (Å²) in [6, 6.07) is 13.2. The van der Waals surface area contributed by atoms with Gasteiger partial charge in [-0.25, -0.2) is 4.79 Å². The molecular formula is C16H13NO5. The third kappa shape index (κ3) is 3.92. The van der Waals surface area contributed by atoms with E-state index in [0.717, 1.165) is 5.56 Å². The highest BCUT2D eigenvalue weighted by atomic mass is 16.6. The monoisotopic (exact) mass is 299 g/mol. The van der Waals surface area contributed by atoms with Crippen LogP contribution in [0.1, 0.15) is 5.56 Å². The normalized spacial score (nSPS) is 10.4. The lowest BCUT2D eigenvalue weighted by Crippen LogP contribution is -2.06. The second kappa shape index (κ2) is 7.03. The molecule has 22 heavy (non-hydrogen) atoms. The summed E-state index contributed by atoms with van der Waals surface area (Å²) >= 11 is 0. The Kier molecular flexibility index (Phi) is 4.87. The number of esters is 1. The average molecular weight is 299 g/mol. The Bertz CT molecular complexity index is 710. The number of nitrogens with zero attached hydrogens (tertiary/aromatic N) is 1. The van der Waals surface area contributed by atoms with Crippen molar-refractivity contribution in [3.05, 3.63) is 70.3 Å². The molecule has 0 aliphatic rings. The van der Waals surface area contributed by atoms with Crippen LogP contribution in [0.25, 0.3) is 6.08 Å². The topological polar surface area (TPSA) is 78.7 Å². The molecule has 6 heteroatoms. The van der Waals surface area contributed by atoms with Crippen LogP contribution >= 0.6 is 0 Å². The predicted molar refractivity (Wildman–Crippen MR) is 80.8 cm³/mol. The highest BCUT2D eigenvalue weighted by Crippen LogP contribution is 2.31. The molecule has 0 aliphatic heterocycles. The fourth-order valence-electron chi connectivity index (χ4n) is 1.72. The van der Waals surface area contributed by atoms with Crippen LogP contribution in [0.3, 0.4) is 0 Å². The van der Waals surface area contributed by atoms with Crippen molar-refractivity contribution in [1.29, 1.82) is 0 Å². The minimum atomic E-state index is -0.697. The van der Waals surface area contributed by atoms with Gasteiger partial charge in [0.15, 0.2) is 0 Å². The summed E-state index contributed by atoms with van der Waals surface area (Å²) in [6.45, 7) is 0. The number of hydrogen-bond acceptors (Lipinski definition) is 5. The van der Waals surface area contributed by atoms with Crippen molar-refractivity contribution in [2.24, 2.45) is 0 Å². The fraction of sp³-hybridized carbons (Fsp3) is 0.0625. The Morgan fingerprint density at radius 2 is 1.91 bits per heavy atom. The predicted octanol–water partition coefficient (Wildman–Crippen LogP) is 3.22. The van der Waals surface area contributed by atoms with Crippen LogP contribution in [-0.4, -0.2) is 18.0 Å². The van der Waals surface area contributed by atoms with Crippen LogP contribution in [0.2, 0.25) is 0 Å². The van der Waals surface area contributed by atoms with Crippen LogP contribution in [-0.2, 0) is 4.79 Å². The first-order valence-electron chi connectivity index (χ1n) is 6.37. The minimum absolute atomic E-state index is 0.131. The molecule has 2 aromatic carbocycles. The van der Waals surface area contributed by atoms with E-state index in [2.05, 4.69) is 0 Å². The molecule has 0 radical (unpaired) electrons. The maximum atomic E-state index is 11.8. The van der Waals surface area contributed by atoms with E-state index in [1.54, 1.807) is 6.08 Å². The molecule has 0 amide bonds. The van der Waals surface area contributed by atoms with Crippen molar-refractivity contribution in [2.75, 3.05) is 7.11 Å². The lowest BCUT2D eigenvalue weighted by molar-refractivity contribution is -0.385.